The molecule has 0 bridgehead atoms. The molecular formula is C16H22N2O3. The molecule has 1 unspecified atom stereocenters. The molecule has 0 radical (unpaired) electrons. The number of carbonyl (C=O) groups is 1. The van der Waals surface area contributed by atoms with E-state index < -0.39 is 0 Å². The summed E-state index contributed by atoms with van der Waals surface area (Å²) in [5.74, 6) is 1.36. The molecule has 2 heterocycles. The summed E-state index contributed by atoms with van der Waals surface area (Å²) in [5, 5.41) is 9.01. The Hall–Kier alpha value is -1.75. The van der Waals surface area contributed by atoms with Crippen LogP contribution in [0, 0.1) is 5.92 Å². The number of likely N-dealkylation sites (tertiary alicyclic amines) is 1. The van der Waals surface area contributed by atoms with Crippen LogP contribution in [0.5, 0.6) is 5.75 Å². The minimum Gasteiger partial charge on any atom is -0.490 e. The lowest BCUT2D eigenvalue weighted by molar-refractivity contribution is 0.0784. The van der Waals surface area contributed by atoms with Gasteiger partial charge in [0.2, 0.25) is 0 Å². The quantitative estimate of drug-likeness (QED) is 0.913. The third-order valence-corrected chi connectivity index (χ3v) is 4.41. The number of anilines is 1. The number of hydrogen-bond donors (Lipinski definition) is 1. The molecule has 2 aliphatic rings. The molecular weight excluding hydrogens is 268 g/mol. The van der Waals surface area contributed by atoms with Crippen LogP contribution in [0.2, 0.25) is 0 Å². The van der Waals surface area contributed by atoms with Crippen molar-refractivity contribution in [2.24, 2.45) is 5.92 Å². The van der Waals surface area contributed by atoms with Crippen molar-refractivity contribution in [2.75, 3.05) is 44.8 Å². The van der Waals surface area contributed by atoms with Crippen LogP contribution in [0.15, 0.2) is 18.2 Å². The van der Waals surface area contributed by atoms with Crippen molar-refractivity contribution in [3.63, 3.8) is 0 Å². The Morgan fingerprint density at radius 3 is 3.10 bits per heavy atom. The Kier molecular flexibility index (Phi) is 4.01. The van der Waals surface area contributed by atoms with E-state index in [0.717, 1.165) is 49.5 Å². The molecule has 1 aromatic rings. The van der Waals surface area contributed by atoms with E-state index in [4.69, 9.17) is 9.84 Å². The van der Waals surface area contributed by atoms with Crippen LogP contribution in [0.25, 0.3) is 0 Å². The van der Waals surface area contributed by atoms with Gasteiger partial charge in [0.25, 0.3) is 5.91 Å². The van der Waals surface area contributed by atoms with Crippen LogP contribution >= 0.6 is 0 Å². The minimum absolute atomic E-state index is 0.0808. The Morgan fingerprint density at radius 1 is 1.43 bits per heavy atom. The lowest BCUT2D eigenvalue weighted by Gasteiger charge is -2.28. The molecule has 1 atom stereocenters. The number of hydrogen-bond acceptors (Lipinski definition) is 4. The second-order valence-corrected chi connectivity index (χ2v) is 5.87. The van der Waals surface area contributed by atoms with E-state index in [2.05, 4.69) is 4.90 Å². The van der Waals surface area contributed by atoms with E-state index in [9.17, 15) is 4.79 Å². The average molecular weight is 290 g/mol. The molecule has 1 amide bonds. The Balaban J connectivity index is 1.75. The SMILES string of the molecule is CN1CCOc2ccc(C(=O)N3CCC(CCO)C3)cc21. The maximum absolute atomic E-state index is 12.6. The highest BCUT2D eigenvalue weighted by atomic mass is 16.5. The number of aliphatic hydroxyl groups is 1. The number of likely N-dealkylation sites (N-methyl/N-ethyl adjacent to an activating group) is 1. The maximum atomic E-state index is 12.6. The molecule has 5 heteroatoms. The van der Waals surface area contributed by atoms with Crippen molar-refractivity contribution in [1.29, 1.82) is 0 Å². The number of benzene rings is 1. The monoisotopic (exact) mass is 290 g/mol. The van der Waals surface area contributed by atoms with Crippen LogP contribution in [-0.4, -0.2) is 55.8 Å². The van der Waals surface area contributed by atoms with Crippen LogP contribution in [0.3, 0.4) is 0 Å². The average Bonchev–Trinajstić information content (AvgIpc) is 2.96. The summed E-state index contributed by atoms with van der Waals surface area (Å²) in [6.07, 6.45) is 1.77. The van der Waals surface area contributed by atoms with Gasteiger partial charge in [-0.25, -0.2) is 0 Å². The molecule has 0 saturated carbocycles. The third-order valence-electron chi connectivity index (χ3n) is 4.41. The second kappa shape index (κ2) is 5.93. The first-order valence-electron chi connectivity index (χ1n) is 7.57. The number of carbonyl (C=O) groups excluding carboxylic acids is 1. The van der Waals surface area contributed by atoms with Crippen LogP contribution in [0.4, 0.5) is 5.69 Å². The molecule has 1 N–H and O–H groups in total. The van der Waals surface area contributed by atoms with E-state index in [1.54, 1.807) is 0 Å². The van der Waals surface area contributed by atoms with Gasteiger partial charge in [-0.2, -0.15) is 0 Å². The van der Waals surface area contributed by atoms with E-state index in [0.29, 0.717) is 12.5 Å². The Morgan fingerprint density at radius 2 is 2.29 bits per heavy atom. The maximum Gasteiger partial charge on any atom is 0.253 e. The fraction of sp³-hybridized carbons (Fsp3) is 0.562. The van der Waals surface area contributed by atoms with Crippen LogP contribution in [0.1, 0.15) is 23.2 Å². The number of amides is 1. The standard InChI is InChI=1S/C16H22N2O3/c1-17-7-9-21-15-3-2-13(10-14(15)17)16(20)18-6-4-12(11-18)5-8-19/h2-3,10,12,19H,4-9,11H2,1H3. The summed E-state index contributed by atoms with van der Waals surface area (Å²) in [7, 11) is 2.02. The topological polar surface area (TPSA) is 53.0 Å². The van der Waals surface area contributed by atoms with Gasteiger partial charge in [0.05, 0.1) is 12.2 Å². The van der Waals surface area contributed by atoms with Crippen LogP contribution in [-0.2, 0) is 0 Å². The van der Waals surface area contributed by atoms with Gasteiger partial charge in [0, 0.05) is 32.3 Å². The largest absolute Gasteiger partial charge is 0.490 e. The zero-order valence-corrected chi connectivity index (χ0v) is 12.4. The second-order valence-electron chi connectivity index (χ2n) is 5.87. The molecule has 3 rings (SSSR count). The van der Waals surface area contributed by atoms with Gasteiger partial charge in [-0.1, -0.05) is 0 Å². The molecule has 5 nitrogen and oxygen atoms in total. The summed E-state index contributed by atoms with van der Waals surface area (Å²) in [6, 6.07) is 5.66. The summed E-state index contributed by atoms with van der Waals surface area (Å²) in [5.41, 5.74) is 1.70. The highest BCUT2D eigenvalue weighted by Crippen LogP contribution is 2.32. The lowest BCUT2D eigenvalue weighted by Crippen LogP contribution is -2.31. The number of nitrogens with zero attached hydrogens (tertiary/aromatic N) is 2. The van der Waals surface area contributed by atoms with Crippen molar-refractivity contribution in [3.8, 4) is 5.75 Å². The van der Waals surface area contributed by atoms with Gasteiger partial charge >= 0.3 is 0 Å². The smallest absolute Gasteiger partial charge is 0.253 e. The molecule has 0 aliphatic carbocycles. The molecule has 1 saturated heterocycles. The summed E-state index contributed by atoms with van der Waals surface area (Å²) in [4.78, 5) is 16.6. The molecule has 1 aromatic carbocycles. The van der Waals surface area contributed by atoms with Gasteiger partial charge < -0.3 is 19.6 Å². The molecule has 0 aromatic heterocycles. The van der Waals surface area contributed by atoms with Crippen molar-refractivity contribution in [1.82, 2.24) is 4.90 Å². The van der Waals surface area contributed by atoms with E-state index >= 15 is 0 Å². The first kappa shape index (κ1) is 14.2. The normalized spacial score (nSPS) is 21.1. The van der Waals surface area contributed by atoms with Gasteiger partial charge in [-0.3, -0.25) is 4.79 Å². The van der Waals surface area contributed by atoms with E-state index in [1.807, 2.05) is 30.1 Å². The fourth-order valence-corrected chi connectivity index (χ4v) is 3.10. The zero-order valence-electron chi connectivity index (χ0n) is 12.4. The van der Waals surface area contributed by atoms with E-state index in [1.165, 1.54) is 0 Å². The van der Waals surface area contributed by atoms with Gasteiger partial charge in [0.1, 0.15) is 12.4 Å². The van der Waals surface area contributed by atoms with E-state index in [-0.39, 0.29) is 12.5 Å². The summed E-state index contributed by atoms with van der Waals surface area (Å²) < 4.78 is 5.61. The number of ether oxygens (including phenoxy) is 1. The van der Waals surface area contributed by atoms with Crippen molar-refractivity contribution < 1.29 is 14.6 Å². The zero-order chi connectivity index (χ0) is 14.8. The van der Waals surface area contributed by atoms with Gasteiger partial charge in [-0.15, -0.1) is 0 Å². The highest BCUT2D eigenvalue weighted by molar-refractivity contribution is 5.96. The predicted molar refractivity (Wildman–Crippen MR) is 80.9 cm³/mol. The Labute approximate surface area is 125 Å². The third kappa shape index (κ3) is 2.83. The Bertz CT molecular complexity index is 532. The lowest BCUT2D eigenvalue weighted by atomic mass is 10.1. The molecule has 1 fully saturated rings. The van der Waals surface area contributed by atoms with Crippen molar-refractivity contribution >= 4 is 11.6 Å². The van der Waals surface area contributed by atoms with Crippen molar-refractivity contribution in [3.05, 3.63) is 23.8 Å². The van der Waals surface area contributed by atoms with Crippen LogP contribution < -0.4 is 9.64 Å². The first-order valence-corrected chi connectivity index (χ1v) is 7.57. The predicted octanol–water partition coefficient (Wildman–Crippen LogP) is 1.36. The summed E-state index contributed by atoms with van der Waals surface area (Å²) in [6.45, 7) is 3.27. The first-order chi connectivity index (χ1) is 10.2. The van der Waals surface area contributed by atoms with Gasteiger partial charge in [-0.05, 0) is 37.0 Å². The molecule has 0 spiro atoms. The minimum atomic E-state index is 0.0808. The van der Waals surface area contributed by atoms with Gasteiger partial charge in [0.15, 0.2) is 0 Å². The summed E-state index contributed by atoms with van der Waals surface area (Å²) >= 11 is 0. The molecule has 21 heavy (non-hydrogen) atoms. The highest BCUT2D eigenvalue weighted by Gasteiger charge is 2.27. The fourth-order valence-electron chi connectivity index (χ4n) is 3.10. The molecule has 2 aliphatic heterocycles. The number of rotatable bonds is 3. The number of fused-ring (bicyclic) bond motifs is 1. The van der Waals surface area contributed by atoms with Crippen molar-refractivity contribution in [2.45, 2.75) is 12.8 Å². The molecule has 114 valence electrons. The number of aliphatic hydroxyl groups excluding tert-OH is 1.